The Morgan fingerprint density at radius 1 is 1.24 bits per heavy atom. The minimum absolute atomic E-state index is 0.161. The van der Waals surface area contributed by atoms with E-state index in [1.165, 1.54) is 23.9 Å². The lowest BCUT2D eigenvalue weighted by atomic mass is 10.2. The minimum atomic E-state index is -0.394. The number of carbonyl (C=O) groups is 1. The zero-order valence-corrected chi connectivity index (χ0v) is 16.4. The van der Waals surface area contributed by atoms with Gasteiger partial charge in [-0.15, -0.1) is 0 Å². The number of rotatable bonds is 7. The Morgan fingerprint density at radius 3 is 2.97 bits per heavy atom. The van der Waals surface area contributed by atoms with Gasteiger partial charge in [0.25, 0.3) is 0 Å². The number of para-hydroxylation sites is 2. The maximum absolute atomic E-state index is 13.3. The first kappa shape index (κ1) is 19.1. The Hall–Kier alpha value is -3.20. The van der Waals surface area contributed by atoms with Crippen LogP contribution >= 0.6 is 11.8 Å². The zero-order chi connectivity index (χ0) is 20.2. The second-order valence-corrected chi connectivity index (χ2v) is 7.42. The van der Waals surface area contributed by atoms with Gasteiger partial charge in [-0.3, -0.25) is 4.79 Å². The maximum Gasteiger partial charge on any atom is 0.227 e. The number of H-pyrrole nitrogens is 1. The fourth-order valence-electron chi connectivity index (χ4n) is 2.74. The molecule has 4 aromatic rings. The predicted molar refractivity (Wildman–Crippen MR) is 108 cm³/mol. The third kappa shape index (κ3) is 4.80. The van der Waals surface area contributed by atoms with Crippen molar-refractivity contribution >= 4 is 34.4 Å². The van der Waals surface area contributed by atoms with E-state index in [2.05, 4.69) is 25.4 Å². The van der Waals surface area contributed by atoms with E-state index in [0.717, 1.165) is 21.8 Å². The lowest BCUT2D eigenvalue weighted by molar-refractivity contribution is -0.116. The number of halogens is 1. The van der Waals surface area contributed by atoms with Crippen molar-refractivity contribution in [2.75, 3.05) is 5.32 Å². The van der Waals surface area contributed by atoms with E-state index in [4.69, 9.17) is 4.52 Å². The molecule has 1 amide bonds. The van der Waals surface area contributed by atoms with Crippen molar-refractivity contribution in [2.24, 2.45) is 0 Å². The van der Waals surface area contributed by atoms with Gasteiger partial charge >= 0.3 is 0 Å². The van der Waals surface area contributed by atoms with Gasteiger partial charge in [0.2, 0.25) is 11.8 Å². The highest BCUT2D eigenvalue weighted by Crippen LogP contribution is 2.22. The molecule has 0 radical (unpaired) electrons. The van der Waals surface area contributed by atoms with E-state index in [0.29, 0.717) is 29.6 Å². The number of carbonyl (C=O) groups excluding carboxylic acids is 1. The smallest absolute Gasteiger partial charge is 0.227 e. The van der Waals surface area contributed by atoms with E-state index in [1.54, 1.807) is 13.0 Å². The number of aromatic amines is 1. The van der Waals surface area contributed by atoms with Crippen LogP contribution in [0.3, 0.4) is 0 Å². The van der Waals surface area contributed by atoms with E-state index in [9.17, 15) is 9.18 Å². The third-order valence-electron chi connectivity index (χ3n) is 4.26. The van der Waals surface area contributed by atoms with Gasteiger partial charge in [-0.1, -0.05) is 35.1 Å². The van der Waals surface area contributed by atoms with Crippen LogP contribution in [0.2, 0.25) is 0 Å². The molecule has 0 atom stereocenters. The first-order valence-electron chi connectivity index (χ1n) is 9.02. The van der Waals surface area contributed by atoms with Crippen molar-refractivity contribution < 1.29 is 13.7 Å². The van der Waals surface area contributed by atoms with E-state index in [-0.39, 0.29) is 12.3 Å². The molecule has 29 heavy (non-hydrogen) atoms. The van der Waals surface area contributed by atoms with Gasteiger partial charge in [0, 0.05) is 18.5 Å². The number of nitrogens with zero attached hydrogens (tertiary/aromatic N) is 3. The summed E-state index contributed by atoms with van der Waals surface area (Å²) in [6.07, 6.45) is 0.469. The largest absolute Gasteiger partial charge is 0.339 e. The second kappa shape index (κ2) is 8.44. The predicted octanol–water partition coefficient (Wildman–Crippen LogP) is 4.26. The Bertz CT molecular complexity index is 1120. The number of imidazole rings is 1. The van der Waals surface area contributed by atoms with Crippen LogP contribution in [0.1, 0.15) is 23.7 Å². The molecule has 0 aliphatic heterocycles. The average Bonchev–Trinajstić information content (AvgIpc) is 3.34. The van der Waals surface area contributed by atoms with Crippen LogP contribution in [0.15, 0.2) is 52.1 Å². The first-order chi connectivity index (χ1) is 14.1. The van der Waals surface area contributed by atoms with Gasteiger partial charge in [0.05, 0.1) is 16.8 Å². The van der Waals surface area contributed by atoms with Crippen LogP contribution in [0, 0.1) is 12.7 Å². The molecule has 0 unspecified atom stereocenters. The maximum atomic E-state index is 13.3. The SMILES string of the molecule is Cc1ccc(F)cc1NC(=O)CCc1nc(CSc2nc3ccccc3[nH]2)no1. The van der Waals surface area contributed by atoms with Gasteiger partial charge in [0.15, 0.2) is 11.0 Å². The summed E-state index contributed by atoms with van der Waals surface area (Å²) in [5, 5.41) is 7.43. The third-order valence-corrected chi connectivity index (χ3v) is 5.12. The number of benzene rings is 2. The summed E-state index contributed by atoms with van der Waals surface area (Å²) in [6, 6.07) is 12.1. The van der Waals surface area contributed by atoms with Crippen molar-refractivity contribution in [1.29, 1.82) is 0 Å². The molecular formula is C20H18FN5O2S. The number of aryl methyl sites for hydroxylation is 2. The molecule has 0 aliphatic carbocycles. The molecule has 2 aromatic carbocycles. The highest BCUT2D eigenvalue weighted by atomic mass is 32.2. The van der Waals surface area contributed by atoms with Gasteiger partial charge in [-0.25, -0.2) is 9.37 Å². The molecule has 0 saturated heterocycles. The first-order valence-corrected chi connectivity index (χ1v) is 10.0. The number of thioether (sulfide) groups is 1. The molecule has 4 rings (SSSR count). The highest BCUT2D eigenvalue weighted by molar-refractivity contribution is 7.98. The number of hydrogen-bond acceptors (Lipinski definition) is 6. The Labute approximate surface area is 170 Å². The van der Waals surface area contributed by atoms with Crippen molar-refractivity contribution in [2.45, 2.75) is 30.7 Å². The van der Waals surface area contributed by atoms with E-state index < -0.39 is 5.82 Å². The van der Waals surface area contributed by atoms with Crippen molar-refractivity contribution in [3.63, 3.8) is 0 Å². The summed E-state index contributed by atoms with van der Waals surface area (Å²) in [6.45, 7) is 1.80. The quantitative estimate of drug-likeness (QED) is 0.441. The Kier molecular flexibility index (Phi) is 5.57. The topological polar surface area (TPSA) is 96.7 Å². The Balaban J connectivity index is 1.28. The minimum Gasteiger partial charge on any atom is -0.339 e. The fourth-order valence-corrected chi connectivity index (χ4v) is 3.47. The fraction of sp³-hybridized carbons (Fsp3) is 0.200. The summed E-state index contributed by atoms with van der Waals surface area (Å²) in [5.74, 6) is 0.783. The molecule has 9 heteroatoms. The van der Waals surface area contributed by atoms with Crippen LogP contribution in [0.25, 0.3) is 11.0 Å². The second-order valence-electron chi connectivity index (χ2n) is 6.46. The van der Waals surface area contributed by atoms with Crippen LogP contribution in [-0.2, 0) is 17.0 Å². The van der Waals surface area contributed by atoms with E-state index in [1.807, 2.05) is 24.3 Å². The molecule has 0 saturated carbocycles. The summed E-state index contributed by atoms with van der Waals surface area (Å²) in [4.78, 5) is 24.1. The number of anilines is 1. The highest BCUT2D eigenvalue weighted by Gasteiger charge is 2.12. The monoisotopic (exact) mass is 411 g/mol. The molecule has 2 aromatic heterocycles. The van der Waals surface area contributed by atoms with Gasteiger partial charge in [0.1, 0.15) is 5.82 Å². The molecule has 0 fully saturated rings. The number of hydrogen-bond donors (Lipinski definition) is 2. The Morgan fingerprint density at radius 2 is 2.10 bits per heavy atom. The van der Waals surface area contributed by atoms with Gasteiger partial charge in [-0.2, -0.15) is 4.98 Å². The van der Waals surface area contributed by atoms with Crippen LogP contribution in [0.5, 0.6) is 0 Å². The summed E-state index contributed by atoms with van der Waals surface area (Å²) in [5.41, 5.74) is 3.14. The van der Waals surface area contributed by atoms with Crippen LogP contribution in [-0.4, -0.2) is 26.0 Å². The van der Waals surface area contributed by atoms with Gasteiger partial charge in [-0.05, 0) is 36.8 Å². The van der Waals surface area contributed by atoms with Crippen LogP contribution in [0.4, 0.5) is 10.1 Å². The van der Waals surface area contributed by atoms with Gasteiger partial charge < -0.3 is 14.8 Å². The molecule has 0 aliphatic rings. The average molecular weight is 411 g/mol. The summed E-state index contributed by atoms with van der Waals surface area (Å²) >= 11 is 1.48. The van der Waals surface area contributed by atoms with Crippen LogP contribution < -0.4 is 5.32 Å². The molecule has 148 valence electrons. The number of amides is 1. The van der Waals surface area contributed by atoms with Crippen molar-refractivity contribution in [1.82, 2.24) is 20.1 Å². The standard InChI is InChI=1S/C20H18FN5O2S/c1-12-6-7-13(21)10-16(12)22-18(27)8-9-19-25-17(26-28-19)11-29-20-23-14-4-2-3-5-15(14)24-20/h2-7,10H,8-9,11H2,1H3,(H,22,27)(H,23,24). The van der Waals surface area contributed by atoms with Crippen molar-refractivity contribution in [3.05, 3.63) is 65.6 Å². The molecular weight excluding hydrogens is 393 g/mol. The number of fused-ring (bicyclic) bond motifs is 1. The zero-order valence-electron chi connectivity index (χ0n) is 15.6. The molecule has 0 bridgehead atoms. The normalized spacial score (nSPS) is 11.1. The number of aromatic nitrogens is 4. The van der Waals surface area contributed by atoms with E-state index >= 15 is 0 Å². The lowest BCUT2D eigenvalue weighted by Crippen LogP contribution is -2.13. The van der Waals surface area contributed by atoms with Crippen molar-refractivity contribution in [3.8, 4) is 0 Å². The number of nitrogens with one attached hydrogen (secondary N) is 2. The summed E-state index contributed by atoms with van der Waals surface area (Å²) in [7, 11) is 0. The molecule has 0 spiro atoms. The molecule has 2 heterocycles. The molecule has 2 N–H and O–H groups in total. The summed E-state index contributed by atoms with van der Waals surface area (Å²) < 4.78 is 18.5. The molecule has 7 nitrogen and oxygen atoms in total. The lowest BCUT2D eigenvalue weighted by Gasteiger charge is -2.07.